The second-order valence-electron chi connectivity index (χ2n) is 5.40. The number of aliphatic hydroxyl groups excluding tert-OH is 1. The summed E-state index contributed by atoms with van der Waals surface area (Å²) >= 11 is 0. The molecule has 0 aromatic heterocycles. The van der Waals surface area contributed by atoms with Crippen molar-refractivity contribution in [3.8, 4) is 0 Å². The maximum Gasteiger partial charge on any atom is 0.306 e. The van der Waals surface area contributed by atoms with Gasteiger partial charge in [0, 0.05) is 25.0 Å². The summed E-state index contributed by atoms with van der Waals surface area (Å²) in [6, 6.07) is -0.298. The summed E-state index contributed by atoms with van der Waals surface area (Å²) in [6.45, 7) is 3.67. The molecule has 112 valence electrons. The molecular formula is C11H22N2O5S. The molecule has 1 rings (SSSR count). The molecule has 7 nitrogen and oxygen atoms in total. The Kier molecular flexibility index (Phi) is 4.94. The molecular weight excluding hydrogens is 272 g/mol. The van der Waals surface area contributed by atoms with Gasteiger partial charge in [0.05, 0.1) is 19.6 Å². The van der Waals surface area contributed by atoms with Crippen LogP contribution >= 0.6 is 0 Å². The van der Waals surface area contributed by atoms with Gasteiger partial charge in [0.15, 0.2) is 0 Å². The Bertz CT molecular complexity index is 434. The Morgan fingerprint density at radius 1 is 1.53 bits per heavy atom. The van der Waals surface area contributed by atoms with E-state index in [-0.39, 0.29) is 19.0 Å². The van der Waals surface area contributed by atoms with Crippen molar-refractivity contribution < 1.29 is 23.1 Å². The lowest BCUT2D eigenvalue weighted by molar-refractivity contribution is -0.140. The van der Waals surface area contributed by atoms with Gasteiger partial charge in [0.2, 0.25) is 0 Å². The van der Waals surface area contributed by atoms with Crippen molar-refractivity contribution in [2.45, 2.75) is 38.8 Å². The fourth-order valence-corrected chi connectivity index (χ4v) is 3.11. The summed E-state index contributed by atoms with van der Waals surface area (Å²) in [4.78, 5) is 11.0. The van der Waals surface area contributed by atoms with E-state index in [1.54, 1.807) is 0 Å². The first kappa shape index (κ1) is 16.4. The van der Waals surface area contributed by atoms with E-state index in [0.717, 1.165) is 4.31 Å². The first-order valence-corrected chi connectivity index (χ1v) is 7.53. The molecule has 8 heteroatoms. The standard InChI is InChI=1S/C11H22N2O5S/c1-11(2)8(7-9(11)14)12-19(16,17)13(3)6-5-10(15)18-4/h8-9,12,14H,5-7H2,1-4H3. The largest absolute Gasteiger partial charge is 0.469 e. The van der Waals surface area contributed by atoms with Crippen molar-refractivity contribution in [2.75, 3.05) is 20.7 Å². The minimum atomic E-state index is -3.65. The molecule has 1 aliphatic rings. The van der Waals surface area contributed by atoms with E-state index in [9.17, 15) is 18.3 Å². The second kappa shape index (κ2) is 5.74. The van der Waals surface area contributed by atoms with E-state index in [2.05, 4.69) is 9.46 Å². The lowest BCUT2D eigenvalue weighted by Gasteiger charge is -2.49. The van der Waals surface area contributed by atoms with Crippen LogP contribution in [0.2, 0.25) is 0 Å². The molecule has 1 saturated carbocycles. The normalized spacial score (nSPS) is 26.0. The third-order valence-corrected chi connectivity index (χ3v) is 5.36. The zero-order valence-electron chi connectivity index (χ0n) is 11.7. The van der Waals surface area contributed by atoms with Gasteiger partial charge in [-0.05, 0) is 6.42 Å². The lowest BCUT2D eigenvalue weighted by Crippen LogP contribution is -2.62. The van der Waals surface area contributed by atoms with E-state index in [1.807, 2.05) is 13.8 Å². The van der Waals surface area contributed by atoms with Crippen LogP contribution in [0.15, 0.2) is 0 Å². The van der Waals surface area contributed by atoms with E-state index >= 15 is 0 Å². The maximum absolute atomic E-state index is 12.0. The smallest absolute Gasteiger partial charge is 0.306 e. The van der Waals surface area contributed by atoms with Crippen molar-refractivity contribution in [1.82, 2.24) is 9.03 Å². The van der Waals surface area contributed by atoms with Crippen molar-refractivity contribution in [2.24, 2.45) is 5.41 Å². The molecule has 0 aliphatic heterocycles. The first-order chi connectivity index (χ1) is 8.61. The minimum absolute atomic E-state index is 0.00456. The fraction of sp³-hybridized carbons (Fsp3) is 0.909. The molecule has 0 amide bonds. The third kappa shape index (κ3) is 3.65. The van der Waals surface area contributed by atoms with Crippen molar-refractivity contribution >= 4 is 16.2 Å². The van der Waals surface area contributed by atoms with Gasteiger partial charge in [0.1, 0.15) is 0 Å². The van der Waals surface area contributed by atoms with E-state index in [4.69, 9.17) is 0 Å². The van der Waals surface area contributed by atoms with Gasteiger partial charge in [0.25, 0.3) is 10.2 Å². The zero-order chi connectivity index (χ0) is 14.8. The molecule has 0 aromatic carbocycles. The molecule has 1 fully saturated rings. The van der Waals surface area contributed by atoms with Gasteiger partial charge in [-0.3, -0.25) is 4.79 Å². The Morgan fingerprint density at radius 2 is 2.11 bits per heavy atom. The van der Waals surface area contributed by atoms with E-state index in [1.165, 1.54) is 14.2 Å². The summed E-state index contributed by atoms with van der Waals surface area (Å²) in [5.74, 6) is -0.457. The molecule has 0 aromatic rings. The van der Waals surface area contributed by atoms with Crippen LogP contribution in [0.3, 0.4) is 0 Å². The quantitative estimate of drug-likeness (QED) is 0.642. The van der Waals surface area contributed by atoms with Crippen molar-refractivity contribution in [3.63, 3.8) is 0 Å². The Balaban J connectivity index is 2.54. The van der Waals surface area contributed by atoms with Crippen LogP contribution in [0.4, 0.5) is 0 Å². The van der Waals surface area contributed by atoms with Gasteiger partial charge >= 0.3 is 5.97 Å². The van der Waals surface area contributed by atoms with Crippen molar-refractivity contribution in [3.05, 3.63) is 0 Å². The molecule has 0 heterocycles. The van der Waals surface area contributed by atoms with E-state index < -0.39 is 27.7 Å². The summed E-state index contributed by atoms with van der Waals surface area (Å²) < 4.78 is 32.1. The molecule has 19 heavy (non-hydrogen) atoms. The van der Waals surface area contributed by atoms with Crippen LogP contribution in [0.1, 0.15) is 26.7 Å². The number of esters is 1. The van der Waals surface area contributed by atoms with Gasteiger partial charge < -0.3 is 9.84 Å². The number of carbonyl (C=O) groups is 1. The Morgan fingerprint density at radius 3 is 2.53 bits per heavy atom. The van der Waals surface area contributed by atoms with Crippen LogP contribution < -0.4 is 4.72 Å². The number of nitrogens with one attached hydrogen (secondary N) is 1. The zero-order valence-corrected chi connectivity index (χ0v) is 12.5. The summed E-state index contributed by atoms with van der Waals surface area (Å²) in [6.07, 6.45) is -0.0950. The highest BCUT2D eigenvalue weighted by Crippen LogP contribution is 2.40. The van der Waals surface area contributed by atoms with Crippen LogP contribution in [-0.2, 0) is 19.7 Å². The molecule has 0 spiro atoms. The van der Waals surface area contributed by atoms with Crippen LogP contribution in [0.25, 0.3) is 0 Å². The van der Waals surface area contributed by atoms with Crippen LogP contribution in [0, 0.1) is 5.41 Å². The third-order valence-electron chi connectivity index (χ3n) is 3.78. The summed E-state index contributed by atoms with van der Waals surface area (Å²) in [7, 11) is -1.00. The van der Waals surface area contributed by atoms with Gasteiger partial charge in [-0.25, -0.2) is 0 Å². The molecule has 2 atom stereocenters. The van der Waals surface area contributed by atoms with Crippen molar-refractivity contribution in [1.29, 1.82) is 0 Å². The Labute approximate surface area is 114 Å². The summed E-state index contributed by atoms with van der Waals surface area (Å²) in [5.41, 5.74) is -0.476. The number of ether oxygens (including phenoxy) is 1. The van der Waals surface area contributed by atoms with Gasteiger partial charge in [-0.15, -0.1) is 0 Å². The highest BCUT2D eigenvalue weighted by Gasteiger charge is 2.49. The highest BCUT2D eigenvalue weighted by atomic mass is 32.2. The van der Waals surface area contributed by atoms with E-state index in [0.29, 0.717) is 6.42 Å². The fourth-order valence-electron chi connectivity index (χ4n) is 1.84. The monoisotopic (exact) mass is 294 g/mol. The Hall–Kier alpha value is -0.700. The molecule has 0 bridgehead atoms. The second-order valence-corrected chi connectivity index (χ2v) is 7.21. The SMILES string of the molecule is COC(=O)CCN(C)S(=O)(=O)NC1CC(O)C1(C)C. The predicted molar refractivity (Wildman–Crippen MR) is 69.5 cm³/mol. The molecule has 2 unspecified atom stereocenters. The average molecular weight is 294 g/mol. The summed E-state index contributed by atoms with van der Waals surface area (Å²) in [5, 5.41) is 9.58. The van der Waals surface area contributed by atoms with Crippen LogP contribution in [-0.4, -0.2) is 56.6 Å². The van der Waals surface area contributed by atoms with Gasteiger partial charge in [-0.2, -0.15) is 17.4 Å². The van der Waals surface area contributed by atoms with Gasteiger partial charge in [-0.1, -0.05) is 13.8 Å². The number of hydrogen-bond acceptors (Lipinski definition) is 5. The lowest BCUT2D eigenvalue weighted by atomic mass is 9.65. The molecule has 2 N–H and O–H groups in total. The topological polar surface area (TPSA) is 95.9 Å². The number of rotatable bonds is 6. The number of carbonyl (C=O) groups excluding carboxylic acids is 1. The molecule has 0 radical (unpaired) electrons. The first-order valence-electron chi connectivity index (χ1n) is 6.09. The minimum Gasteiger partial charge on any atom is -0.469 e. The number of hydrogen-bond donors (Lipinski definition) is 2. The maximum atomic E-state index is 12.0. The number of methoxy groups -OCH3 is 1. The molecule has 0 saturated heterocycles. The number of aliphatic hydroxyl groups is 1. The highest BCUT2D eigenvalue weighted by molar-refractivity contribution is 7.87. The van der Waals surface area contributed by atoms with Crippen LogP contribution in [0.5, 0.6) is 0 Å². The number of nitrogens with zero attached hydrogens (tertiary/aromatic N) is 1. The molecule has 1 aliphatic carbocycles. The predicted octanol–water partition coefficient (Wildman–Crippen LogP) is -0.525. The average Bonchev–Trinajstić information content (AvgIpc) is 2.34.